The van der Waals surface area contributed by atoms with Gasteiger partial charge < -0.3 is 10.1 Å². The zero-order valence-corrected chi connectivity index (χ0v) is 12.6. The number of non-ortho nitro benzene ring substituents is 1. The van der Waals surface area contributed by atoms with Crippen LogP contribution in [0.3, 0.4) is 0 Å². The fourth-order valence-corrected chi connectivity index (χ4v) is 2.69. The van der Waals surface area contributed by atoms with Crippen LogP contribution in [0.15, 0.2) is 34.7 Å². The molecule has 1 aromatic rings. The number of primary sulfonamides is 1. The molecule has 0 atom stereocenters. The van der Waals surface area contributed by atoms with Gasteiger partial charge in [-0.05, 0) is 18.9 Å². The van der Waals surface area contributed by atoms with Crippen molar-refractivity contribution < 1.29 is 18.1 Å². The minimum absolute atomic E-state index is 0.283. The highest BCUT2D eigenvalue weighted by molar-refractivity contribution is 7.89. The number of sulfonamides is 1. The number of hydrogen-bond acceptors (Lipinski definition) is 6. The molecule has 9 heteroatoms. The van der Waals surface area contributed by atoms with Gasteiger partial charge in [-0.1, -0.05) is 11.6 Å². The van der Waals surface area contributed by atoms with Crippen LogP contribution in [0.2, 0.25) is 0 Å². The molecule has 22 heavy (non-hydrogen) atoms. The average molecular weight is 327 g/mol. The molecule has 8 nitrogen and oxygen atoms in total. The average Bonchev–Trinajstić information content (AvgIpc) is 2.47. The summed E-state index contributed by atoms with van der Waals surface area (Å²) in [4.78, 5) is 9.94. The van der Waals surface area contributed by atoms with Gasteiger partial charge in [-0.15, -0.1) is 0 Å². The van der Waals surface area contributed by atoms with E-state index >= 15 is 0 Å². The topological polar surface area (TPSA) is 125 Å². The maximum absolute atomic E-state index is 11.4. The van der Waals surface area contributed by atoms with Gasteiger partial charge in [0.05, 0.1) is 23.0 Å². The first kappa shape index (κ1) is 16.4. The number of anilines is 1. The van der Waals surface area contributed by atoms with Gasteiger partial charge in [0.15, 0.2) is 0 Å². The van der Waals surface area contributed by atoms with Gasteiger partial charge in [0.1, 0.15) is 0 Å². The van der Waals surface area contributed by atoms with E-state index in [2.05, 4.69) is 5.32 Å². The van der Waals surface area contributed by atoms with E-state index in [0.29, 0.717) is 25.4 Å². The number of nitro groups is 1. The van der Waals surface area contributed by atoms with E-state index in [4.69, 9.17) is 9.88 Å². The van der Waals surface area contributed by atoms with E-state index < -0.39 is 14.9 Å². The molecule has 0 unspecified atom stereocenters. The molecule has 0 bridgehead atoms. The Morgan fingerprint density at radius 3 is 2.73 bits per heavy atom. The molecule has 0 spiro atoms. The van der Waals surface area contributed by atoms with Crippen LogP contribution in [0.5, 0.6) is 0 Å². The normalized spacial score (nSPS) is 15.2. The lowest BCUT2D eigenvalue weighted by molar-refractivity contribution is -0.385. The molecule has 1 aliphatic rings. The van der Waals surface area contributed by atoms with E-state index in [1.165, 1.54) is 17.7 Å². The molecule has 2 rings (SSSR count). The van der Waals surface area contributed by atoms with Crippen LogP contribution < -0.4 is 10.5 Å². The second-order valence-corrected chi connectivity index (χ2v) is 6.44. The SMILES string of the molecule is NS(=O)(=O)c1cc(NCCC2=CCOCC2)cc([N+](=O)[O-])c1. The molecule has 1 aliphatic heterocycles. The molecule has 3 N–H and O–H groups in total. The maximum Gasteiger partial charge on any atom is 0.272 e. The first-order valence-electron chi connectivity index (χ1n) is 6.68. The molecule has 0 fully saturated rings. The van der Waals surface area contributed by atoms with E-state index in [1.807, 2.05) is 6.08 Å². The third-order valence-corrected chi connectivity index (χ3v) is 4.16. The van der Waals surface area contributed by atoms with E-state index in [1.54, 1.807) is 0 Å². The molecule has 0 radical (unpaired) electrons. The summed E-state index contributed by atoms with van der Waals surface area (Å²) in [7, 11) is -4.00. The number of hydrogen-bond donors (Lipinski definition) is 2. The Morgan fingerprint density at radius 2 is 2.14 bits per heavy atom. The Hall–Kier alpha value is -1.97. The fourth-order valence-electron chi connectivity index (χ4n) is 2.11. The van der Waals surface area contributed by atoms with Crippen LogP contribution in [0, 0.1) is 10.1 Å². The molecule has 0 amide bonds. The molecular formula is C13H17N3O5S. The van der Waals surface area contributed by atoms with Crippen molar-refractivity contribution >= 4 is 21.4 Å². The Labute approximate surface area is 128 Å². The van der Waals surface area contributed by atoms with Crippen molar-refractivity contribution in [3.05, 3.63) is 40.0 Å². The van der Waals surface area contributed by atoms with E-state index in [-0.39, 0.29) is 10.6 Å². The lowest BCUT2D eigenvalue weighted by Gasteiger charge is -2.14. The zero-order valence-electron chi connectivity index (χ0n) is 11.8. The second kappa shape index (κ2) is 6.86. The lowest BCUT2D eigenvalue weighted by Crippen LogP contribution is -2.13. The van der Waals surface area contributed by atoms with Crippen LogP contribution in [-0.4, -0.2) is 33.1 Å². The van der Waals surface area contributed by atoms with E-state index in [9.17, 15) is 18.5 Å². The minimum atomic E-state index is -4.00. The second-order valence-electron chi connectivity index (χ2n) is 4.88. The number of benzene rings is 1. The monoisotopic (exact) mass is 327 g/mol. The molecule has 1 heterocycles. The summed E-state index contributed by atoms with van der Waals surface area (Å²) in [6, 6.07) is 3.52. The minimum Gasteiger partial charge on any atom is -0.384 e. The summed E-state index contributed by atoms with van der Waals surface area (Å²) >= 11 is 0. The largest absolute Gasteiger partial charge is 0.384 e. The highest BCUT2D eigenvalue weighted by Crippen LogP contribution is 2.23. The smallest absolute Gasteiger partial charge is 0.272 e. The predicted octanol–water partition coefficient (Wildman–Crippen LogP) is 1.39. The summed E-state index contributed by atoms with van der Waals surface area (Å²) in [5.41, 5.74) is 1.28. The first-order chi connectivity index (χ1) is 10.4. The van der Waals surface area contributed by atoms with Gasteiger partial charge in [-0.25, -0.2) is 13.6 Å². The number of ether oxygens (including phenoxy) is 1. The van der Waals surface area contributed by atoms with Gasteiger partial charge in [-0.2, -0.15) is 0 Å². The Kier molecular flexibility index (Phi) is 5.11. The standard InChI is InChI=1S/C13H17N3O5S/c14-22(19,20)13-8-11(7-12(9-13)16(17)18)15-4-1-10-2-5-21-6-3-10/h2,7-9,15H,1,3-6H2,(H2,14,19,20). The summed E-state index contributed by atoms with van der Waals surface area (Å²) < 4.78 is 28.0. The molecule has 0 saturated heterocycles. The van der Waals surface area contributed by atoms with Gasteiger partial charge >= 0.3 is 0 Å². The number of rotatable bonds is 6. The molecule has 120 valence electrons. The van der Waals surface area contributed by atoms with Crippen LogP contribution in [0.1, 0.15) is 12.8 Å². The van der Waals surface area contributed by atoms with Crippen LogP contribution in [-0.2, 0) is 14.8 Å². The highest BCUT2D eigenvalue weighted by Gasteiger charge is 2.16. The third kappa shape index (κ3) is 4.52. The maximum atomic E-state index is 11.4. The molecule has 0 aromatic heterocycles. The summed E-state index contributed by atoms with van der Waals surface area (Å²) in [5.74, 6) is 0. The summed E-state index contributed by atoms with van der Waals surface area (Å²) in [6.07, 6.45) is 3.63. The fraction of sp³-hybridized carbons (Fsp3) is 0.385. The van der Waals surface area contributed by atoms with Crippen LogP contribution in [0.25, 0.3) is 0 Å². The predicted molar refractivity (Wildman–Crippen MR) is 81.1 cm³/mol. The van der Waals surface area contributed by atoms with Crippen molar-refractivity contribution in [2.24, 2.45) is 5.14 Å². The van der Waals surface area contributed by atoms with Crippen molar-refractivity contribution in [3.63, 3.8) is 0 Å². The Balaban J connectivity index is 2.10. The zero-order chi connectivity index (χ0) is 16.2. The van der Waals surface area contributed by atoms with Gasteiger partial charge in [0.25, 0.3) is 5.69 Å². The lowest BCUT2D eigenvalue weighted by atomic mass is 10.1. The molecule has 0 aliphatic carbocycles. The van der Waals surface area contributed by atoms with Crippen molar-refractivity contribution in [3.8, 4) is 0 Å². The van der Waals surface area contributed by atoms with E-state index in [0.717, 1.165) is 18.9 Å². The number of nitrogens with zero attached hydrogens (tertiary/aromatic N) is 1. The molecular weight excluding hydrogens is 310 g/mol. The van der Waals surface area contributed by atoms with Crippen molar-refractivity contribution in [1.82, 2.24) is 0 Å². The molecule has 0 saturated carbocycles. The van der Waals surface area contributed by atoms with Crippen molar-refractivity contribution in [2.75, 3.05) is 25.1 Å². The Morgan fingerprint density at radius 1 is 1.36 bits per heavy atom. The highest BCUT2D eigenvalue weighted by atomic mass is 32.2. The van der Waals surface area contributed by atoms with Crippen molar-refractivity contribution in [2.45, 2.75) is 17.7 Å². The molecule has 1 aromatic carbocycles. The van der Waals surface area contributed by atoms with Crippen LogP contribution >= 0.6 is 0 Å². The van der Waals surface area contributed by atoms with Crippen molar-refractivity contribution in [1.29, 1.82) is 0 Å². The number of nitro benzene ring substituents is 1. The Bertz CT molecular complexity index is 700. The van der Waals surface area contributed by atoms with Gasteiger partial charge in [0.2, 0.25) is 10.0 Å². The third-order valence-electron chi connectivity index (χ3n) is 3.26. The summed E-state index contributed by atoms with van der Waals surface area (Å²) in [5, 5.41) is 18.9. The number of nitrogens with one attached hydrogen (secondary N) is 1. The van der Waals surface area contributed by atoms with Gasteiger partial charge in [-0.3, -0.25) is 10.1 Å². The summed E-state index contributed by atoms with van der Waals surface area (Å²) in [6.45, 7) is 1.83. The first-order valence-corrected chi connectivity index (χ1v) is 8.23. The van der Waals surface area contributed by atoms with Gasteiger partial charge in [0, 0.05) is 24.4 Å². The number of nitrogens with two attached hydrogens (primary N) is 1. The quantitative estimate of drug-likeness (QED) is 0.462. The van der Waals surface area contributed by atoms with Crippen LogP contribution in [0.4, 0.5) is 11.4 Å².